The van der Waals surface area contributed by atoms with Crippen LogP contribution in [0.15, 0.2) is 54.6 Å². The van der Waals surface area contributed by atoms with E-state index in [9.17, 15) is 0 Å². The van der Waals surface area contributed by atoms with Crippen molar-refractivity contribution in [1.29, 1.82) is 0 Å². The first-order valence-corrected chi connectivity index (χ1v) is 9.57. The van der Waals surface area contributed by atoms with Crippen LogP contribution in [-0.4, -0.2) is 42.4 Å². The van der Waals surface area contributed by atoms with Crippen LogP contribution in [0.4, 0.5) is 0 Å². The first kappa shape index (κ1) is 17.5. The van der Waals surface area contributed by atoms with Crippen molar-refractivity contribution >= 4 is 0 Å². The van der Waals surface area contributed by atoms with E-state index in [1.165, 1.54) is 24.0 Å². The fraction of sp³-hybridized carbons (Fsp3) is 0.455. The van der Waals surface area contributed by atoms with Gasteiger partial charge in [-0.1, -0.05) is 42.5 Å². The molecule has 0 spiro atoms. The fourth-order valence-electron chi connectivity index (χ4n) is 3.72. The van der Waals surface area contributed by atoms with Gasteiger partial charge in [-0.05, 0) is 42.0 Å². The first-order valence-electron chi connectivity index (χ1n) is 9.57. The summed E-state index contributed by atoms with van der Waals surface area (Å²) >= 11 is 0. The Labute approximate surface area is 155 Å². The first-order chi connectivity index (χ1) is 12.8. The average molecular weight is 353 g/mol. The molecular weight excluding hydrogens is 326 g/mol. The Kier molecular flexibility index (Phi) is 5.54. The van der Waals surface area contributed by atoms with Crippen molar-refractivity contribution in [3.63, 3.8) is 0 Å². The van der Waals surface area contributed by atoms with E-state index in [1.807, 2.05) is 12.1 Å². The molecule has 1 heterocycles. The fourth-order valence-corrected chi connectivity index (χ4v) is 3.72. The lowest BCUT2D eigenvalue weighted by atomic mass is 10.0. The molecule has 26 heavy (non-hydrogen) atoms. The van der Waals surface area contributed by atoms with E-state index in [4.69, 9.17) is 14.6 Å². The van der Waals surface area contributed by atoms with Crippen molar-refractivity contribution in [2.75, 3.05) is 26.3 Å². The predicted octanol–water partition coefficient (Wildman–Crippen LogP) is 3.41. The van der Waals surface area contributed by atoms with Gasteiger partial charge in [-0.15, -0.1) is 0 Å². The van der Waals surface area contributed by atoms with E-state index in [-0.39, 0.29) is 12.7 Å². The van der Waals surface area contributed by atoms with E-state index in [2.05, 4.69) is 47.4 Å². The Balaban J connectivity index is 1.46. The van der Waals surface area contributed by atoms with Crippen LogP contribution in [0.25, 0.3) is 0 Å². The second-order valence-corrected chi connectivity index (χ2v) is 7.32. The monoisotopic (exact) mass is 353 g/mol. The maximum Gasteiger partial charge on any atom is 0.119 e. The van der Waals surface area contributed by atoms with Crippen LogP contribution in [0.3, 0.4) is 0 Å². The zero-order valence-corrected chi connectivity index (χ0v) is 15.1. The molecule has 0 unspecified atom stereocenters. The Morgan fingerprint density at radius 3 is 2.65 bits per heavy atom. The number of aliphatic hydroxyl groups excluding tert-OH is 1. The molecule has 2 atom stereocenters. The standard InChI is InChI=1S/C22H27NO3/c24-11-12-25-20-8-4-5-17(13-20)14-23-15-21(18-6-2-1-3-7-18)26-22(16-23)19-9-10-19/h1-8,13,19,21-22,24H,9-12,14-16H2/t21-,22+/m0/s1. The highest BCUT2D eigenvalue weighted by Crippen LogP contribution is 2.39. The number of hydrogen-bond donors (Lipinski definition) is 1. The highest BCUT2D eigenvalue weighted by molar-refractivity contribution is 5.28. The molecule has 0 bridgehead atoms. The smallest absolute Gasteiger partial charge is 0.119 e. The summed E-state index contributed by atoms with van der Waals surface area (Å²) in [6.07, 6.45) is 3.07. The van der Waals surface area contributed by atoms with Crippen molar-refractivity contribution < 1.29 is 14.6 Å². The minimum Gasteiger partial charge on any atom is -0.491 e. The molecule has 0 radical (unpaired) electrons. The van der Waals surface area contributed by atoms with Crippen LogP contribution in [0.1, 0.15) is 30.1 Å². The van der Waals surface area contributed by atoms with Crippen LogP contribution in [-0.2, 0) is 11.3 Å². The molecule has 0 amide bonds. The van der Waals surface area contributed by atoms with Crippen molar-refractivity contribution in [3.8, 4) is 5.75 Å². The third-order valence-electron chi connectivity index (χ3n) is 5.19. The maximum absolute atomic E-state index is 8.94. The van der Waals surface area contributed by atoms with Crippen molar-refractivity contribution in [1.82, 2.24) is 4.90 Å². The van der Waals surface area contributed by atoms with Crippen molar-refractivity contribution in [2.45, 2.75) is 31.6 Å². The molecule has 138 valence electrons. The van der Waals surface area contributed by atoms with Gasteiger partial charge in [0.1, 0.15) is 12.4 Å². The summed E-state index contributed by atoms with van der Waals surface area (Å²) < 4.78 is 12.0. The molecule has 2 aromatic rings. The van der Waals surface area contributed by atoms with Gasteiger partial charge in [-0.3, -0.25) is 4.90 Å². The quantitative estimate of drug-likeness (QED) is 0.828. The molecule has 1 aliphatic carbocycles. The van der Waals surface area contributed by atoms with E-state index in [0.717, 1.165) is 31.3 Å². The van der Waals surface area contributed by atoms with Crippen molar-refractivity contribution in [2.24, 2.45) is 5.92 Å². The number of ether oxygens (including phenoxy) is 2. The lowest BCUT2D eigenvalue weighted by Gasteiger charge is -2.38. The van der Waals surface area contributed by atoms with Gasteiger partial charge in [0.25, 0.3) is 0 Å². The number of nitrogens with zero attached hydrogens (tertiary/aromatic N) is 1. The highest BCUT2D eigenvalue weighted by atomic mass is 16.5. The molecule has 4 heteroatoms. The molecule has 4 rings (SSSR count). The predicted molar refractivity (Wildman–Crippen MR) is 101 cm³/mol. The summed E-state index contributed by atoms with van der Waals surface area (Å²) in [5.41, 5.74) is 2.51. The molecule has 0 aromatic heterocycles. The summed E-state index contributed by atoms with van der Waals surface area (Å²) in [4.78, 5) is 2.51. The van der Waals surface area contributed by atoms with Crippen LogP contribution in [0.2, 0.25) is 0 Å². The molecule has 1 saturated carbocycles. The van der Waals surface area contributed by atoms with Crippen LogP contribution in [0.5, 0.6) is 5.75 Å². The number of rotatable bonds is 7. The number of morpholine rings is 1. The lowest BCUT2D eigenvalue weighted by molar-refractivity contribution is -0.0986. The molecule has 2 aliphatic rings. The van der Waals surface area contributed by atoms with Gasteiger partial charge in [-0.2, -0.15) is 0 Å². The van der Waals surface area contributed by atoms with E-state index in [0.29, 0.717) is 12.7 Å². The van der Waals surface area contributed by atoms with Crippen LogP contribution >= 0.6 is 0 Å². The van der Waals surface area contributed by atoms with E-state index >= 15 is 0 Å². The van der Waals surface area contributed by atoms with Gasteiger partial charge < -0.3 is 14.6 Å². The summed E-state index contributed by atoms with van der Waals surface area (Å²) in [6, 6.07) is 18.8. The molecule has 1 saturated heterocycles. The summed E-state index contributed by atoms with van der Waals surface area (Å²) in [6.45, 7) is 3.17. The summed E-state index contributed by atoms with van der Waals surface area (Å²) in [7, 11) is 0. The minimum atomic E-state index is 0.0372. The minimum absolute atomic E-state index is 0.0372. The van der Waals surface area contributed by atoms with E-state index in [1.54, 1.807) is 0 Å². The van der Waals surface area contributed by atoms with Gasteiger partial charge >= 0.3 is 0 Å². The SMILES string of the molecule is OCCOc1cccc(CN2C[C@@H](c3ccccc3)O[C@@H](C3CC3)C2)c1. The Hall–Kier alpha value is -1.88. The average Bonchev–Trinajstić information content (AvgIpc) is 3.52. The Bertz CT molecular complexity index is 702. The second-order valence-electron chi connectivity index (χ2n) is 7.32. The maximum atomic E-state index is 8.94. The molecule has 2 fully saturated rings. The Morgan fingerprint density at radius 2 is 1.88 bits per heavy atom. The Morgan fingerprint density at radius 1 is 1.04 bits per heavy atom. The van der Waals surface area contributed by atoms with Gasteiger partial charge in [0.05, 0.1) is 18.8 Å². The topological polar surface area (TPSA) is 41.9 Å². The lowest BCUT2D eigenvalue weighted by Crippen LogP contribution is -2.44. The zero-order valence-electron chi connectivity index (χ0n) is 15.1. The summed E-state index contributed by atoms with van der Waals surface area (Å²) in [5.74, 6) is 1.55. The third-order valence-corrected chi connectivity index (χ3v) is 5.19. The number of hydrogen-bond acceptors (Lipinski definition) is 4. The third kappa shape index (κ3) is 4.44. The highest BCUT2D eigenvalue weighted by Gasteiger charge is 2.38. The second kappa shape index (κ2) is 8.21. The van der Waals surface area contributed by atoms with Gasteiger partial charge in [0.2, 0.25) is 0 Å². The normalized spacial score (nSPS) is 23.7. The largest absolute Gasteiger partial charge is 0.491 e. The number of benzene rings is 2. The molecule has 1 N–H and O–H groups in total. The molecular formula is C22H27NO3. The molecule has 1 aliphatic heterocycles. The van der Waals surface area contributed by atoms with Crippen LogP contribution < -0.4 is 4.74 Å². The zero-order chi connectivity index (χ0) is 17.8. The van der Waals surface area contributed by atoms with E-state index < -0.39 is 0 Å². The van der Waals surface area contributed by atoms with Gasteiger partial charge in [-0.25, -0.2) is 0 Å². The van der Waals surface area contributed by atoms with Gasteiger partial charge in [0, 0.05) is 19.6 Å². The van der Waals surface area contributed by atoms with Crippen LogP contribution in [0, 0.1) is 5.92 Å². The van der Waals surface area contributed by atoms with Crippen molar-refractivity contribution in [3.05, 3.63) is 65.7 Å². The molecule has 4 nitrogen and oxygen atoms in total. The van der Waals surface area contributed by atoms with Gasteiger partial charge in [0.15, 0.2) is 0 Å². The number of aliphatic hydroxyl groups is 1. The molecule has 2 aromatic carbocycles. The summed E-state index contributed by atoms with van der Waals surface area (Å²) in [5, 5.41) is 8.94.